The molecule has 0 atom stereocenters. The zero-order valence-electron chi connectivity index (χ0n) is 17.3. The van der Waals surface area contributed by atoms with Crippen molar-refractivity contribution in [3.05, 3.63) is 66.7 Å². The maximum Gasteiger partial charge on any atom is 0.119 e. The van der Waals surface area contributed by atoms with Crippen molar-refractivity contribution >= 4 is 21.8 Å². The Hall–Kier alpha value is -2.74. The van der Waals surface area contributed by atoms with Crippen LogP contribution in [0.25, 0.3) is 32.9 Å². The molecule has 0 saturated heterocycles. The highest BCUT2D eigenvalue weighted by Gasteiger charge is 2.12. The first-order valence-corrected chi connectivity index (χ1v) is 10.3. The molecule has 0 N–H and O–H groups in total. The molecule has 1 aromatic heterocycles. The first-order chi connectivity index (χ1) is 13.5. The minimum atomic E-state index is 0.533. The Kier molecular flexibility index (Phi) is 5.13. The molecule has 0 amide bonds. The zero-order chi connectivity index (χ0) is 19.7. The van der Waals surface area contributed by atoms with E-state index in [1.54, 1.807) is 0 Å². The Morgan fingerprint density at radius 1 is 0.714 bits per heavy atom. The van der Waals surface area contributed by atoms with E-state index in [-0.39, 0.29) is 0 Å². The highest BCUT2D eigenvalue weighted by molar-refractivity contribution is 6.09. The summed E-state index contributed by atoms with van der Waals surface area (Å²) in [6, 6.07) is 24.0. The quantitative estimate of drug-likeness (QED) is 0.351. The van der Waals surface area contributed by atoms with Crippen LogP contribution in [0.4, 0.5) is 0 Å². The fraction of sp³-hybridized carbons (Fsp3) is 0.308. The average Bonchev–Trinajstić information content (AvgIpc) is 3.00. The van der Waals surface area contributed by atoms with Crippen LogP contribution in [0, 0.1) is 11.8 Å². The van der Waals surface area contributed by atoms with Crippen molar-refractivity contribution in [3.63, 3.8) is 0 Å². The van der Waals surface area contributed by atoms with E-state index < -0.39 is 0 Å². The van der Waals surface area contributed by atoms with Gasteiger partial charge in [0, 0.05) is 28.4 Å². The van der Waals surface area contributed by atoms with E-state index in [1.165, 1.54) is 32.9 Å². The van der Waals surface area contributed by atoms with Gasteiger partial charge in [-0.2, -0.15) is 0 Å². The highest BCUT2D eigenvalue weighted by atomic mass is 16.5. The van der Waals surface area contributed by atoms with Crippen LogP contribution in [0.1, 0.15) is 27.7 Å². The van der Waals surface area contributed by atoms with Crippen molar-refractivity contribution in [1.29, 1.82) is 0 Å². The molecular formula is C26H29NO. The van der Waals surface area contributed by atoms with Crippen LogP contribution in [0.3, 0.4) is 0 Å². The van der Waals surface area contributed by atoms with Gasteiger partial charge in [0.1, 0.15) is 5.75 Å². The van der Waals surface area contributed by atoms with Gasteiger partial charge in [0.05, 0.1) is 6.61 Å². The topological polar surface area (TPSA) is 14.2 Å². The molecule has 144 valence electrons. The van der Waals surface area contributed by atoms with Crippen molar-refractivity contribution in [1.82, 2.24) is 4.57 Å². The van der Waals surface area contributed by atoms with Gasteiger partial charge >= 0.3 is 0 Å². The van der Waals surface area contributed by atoms with E-state index in [0.717, 1.165) is 18.9 Å². The maximum absolute atomic E-state index is 5.82. The summed E-state index contributed by atoms with van der Waals surface area (Å²) in [5, 5.41) is 2.66. The van der Waals surface area contributed by atoms with Gasteiger partial charge in [-0.3, -0.25) is 0 Å². The van der Waals surface area contributed by atoms with Gasteiger partial charge in [0.15, 0.2) is 0 Å². The summed E-state index contributed by atoms with van der Waals surface area (Å²) in [6.07, 6.45) is 0. The number of para-hydroxylation sites is 1. The molecule has 0 unspecified atom stereocenters. The Labute approximate surface area is 167 Å². The molecule has 1 heterocycles. The molecule has 0 aliphatic rings. The van der Waals surface area contributed by atoms with Gasteiger partial charge in [-0.15, -0.1) is 0 Å². The van der Waals surface area contributed by atoms with Crippen molar-refractivity contribution in [3.8, 4) is 16.9 Å². The van der Waals surface area contributed by atoms with Gasteiger partial charge in [-0.05, 0) is 53.3 Å². The van der Waals surface area contributed by atoms with Crippen molar-refractivity contribution < 1.29 is 4.74 Å². The van der Waals surface area contributed by atoms with Gasteiger partial charge < -0.3 is 9.30 Å². The minimum Gasteiger partial charge on any atom is -0.493 e. The zero-order valence-corrected chi connectivity index (χ0v) is 17.3. The summed E-state index contributed by atoms with van der Waals surface area (Å²) < 4.78 is 8.28. The van der Waals surface area contributed by atoms with E-state index in [1.807, 2.05) is 0 Å². The molecule has 0 aliphatic heterocycles. The molecule has 0 saturated carbocycles. The number of rotatable bonds is 6. The van der Waals surface area contributed by atoms with Crippen LogP contribution < -0.4 is 4.74 Å². The number of ether oxygens (including phenoxy) is 1. The van der Waals surface area contributed by atoms with Crippen molar-refractivity contribution in [2.45, 2.75) is 34.2 Å². The second kappa shape index (κ2) is 7.71. The molecule has 4 rings (SSSR count). The predicted octanol–water partition coefficient (Wildman–Crippen LogP) is 7.15. The molecule has 28 heavy (non-hydrogen) atoms. The number of hydrogen-bond acceptors (Lipinski definition) is 1. The summed E-state index contributed by atoms with van der Waals surface area (Å²) in [6.45, 7) is 10.7. The molecule has 0 spiro atoms. The number of benzene rings is 3. The van der Waals surface area contributed by atoms with Crippen LogP contribution in [0.15, 0.2) is 66.7 Å². The largest absolute Gasteiger partial charge is 0.493 e. The van der Waals surface area contributed by atoms with Gasteiger partial charge in [-0.1, -0.05) is 64.1 Å². The third-order valence-corrected chi connectivity index (χ3v) is 5.09. The number of fused-ring (bicyclic) bond motifs is 3. The standard InChI is InChI=1S/C26H29NO/c1-18(2)16-27-25-8-6-5-7-23(25)24-15-21(11-14-26(24)27)20-9-12-22(13-10-20)28-17-19(3)4/h5-15,18-19H,16-17H2,1-4H3. The molecule has 0 bridgehead atoms. The van der Waals surface area contributed by atoms with Crippen LogP contribution >= 0.6 is 0 Å². The van der Waals surface area contributed by atoms with Crippen molar-refractivity contribution in [2.75, 3.05) is 6.61 Å². The lowest BCUT2D eigenvalue weighted by Gasteiger charge is -2.11. The second-order valence-electron chi connectivity index (χ2n) is 8.48. The fourth-order valence-corrected chi connectivity index (χ4v) is 3.80. The molecule has 2 nitrogen and oxygen atoms in total. The summed E-state index contributed by atoms with van der Waals surface area (Å²) >= 11 is 0. The highest BCUT2D eigenvalue weighted by Crippen LogP contribution is 2.33. The molecule has 2 heteroatoms. The van der Waals surface area contributed by atoms with Crippen LogP contribution in [-0.4, -0.2) is 11.2 Å². The van der Waals surface area contributed by atoms with Gasteiger partial charge in [0.2, 0.25) is 0 Å². The third-order valence-electron chi connectivity index (χ3n) is 5.09. The molecule has 0 radical (unpaired) electrons. The summed E-state index contributed by atoms with van der Waals surface area (Å²) in [5.74, 6) is 2.08. The van der Waals surface area contributed by atoms with E-state index in [2.05, 4.69) is 99.0 Å². The summed E-state index contributed by atoms with van der Waals surface area (Å²) in [5.41, 5.74) is 5.10. The third kappa shape index (κ3) is 3.64. The smallest absolute Gasteiger partial charge is 0.119 e. The Balaban J connectivity index is 1.74. The number of aromatic nitrogens is 1. The molecule has 0 fully saturated rings. The molecule has 3 aromatic carbocycles. The minimum absolute atomic E-state index is 0.533. The lowest BCUT2D eigenvalue weighted by atomic mass is 10.0. The fourth-order valence-electron chi connectivity index (χ4n) is 3.80. The van der Waals surface area contributed by atoms with Crippen molar-refractivity contribution in [2.24, 2.45) is 11.8 Å². The van der Waals surface area contributed by atoms with Gasteiger partial charge in [0.25, 0.3) is 0 Å². The summed E-state index contributed by atoms with van der Waals surface area (Å²) in [7, 11) is 0. The predicted molar refractivity (Wildman–Crippen MR) is 120 cm³/mol. The SMILES string of the molecule is CC(C)COc1ccc(-c2ccc3c(c2)c2ccccc2n3CC(C)C)cc1. The van der Waals surface area contributed by atoms with E-state index in [4.69, 9.17) is 4.74 Å². The monoisotopic (exact) mass is 371 g/mol. The number of nitrogens with zero attached hydrogens (tertiary/aromatic N) is 1. The number of hydrogen-bond donors (Lipinski definition) is 0. The van der Waals surface area contributed by atoms with E-state index in [9.17, 15) is 0 Å². The first-order valence-electron chi connectivity index (χ1n) is 10.3. The lowest BCUT2D eigenvalue weighted by Crippen LogP contribution is -2.04. The van der Waals surface area contributed by atoms with Crippen LogP contribution in [0.5, 0.6) is 5.75 Å². The molecule has 4 aromatic rings. The lowest BCUT2D eigenvalue weighted by molar-refractivity contribution is 0.271. The van der Waals surface area contributed by atoms with Gasteiger partial charge in [-0.25, -0.2) is 0 Å². The Morgan fingerprint density at radius 2 is 1.39 bits per heavy atom. The van der Waals surface area contributed by atoms with Crippen LogP contribution in [0.2, 0.25) is 0 Å². The molecular weight excluding hydrogens is 342 g/mol. The maximum atomic E-state index is 5.82. The normalized spacial score (nSPS) is 11.8. The van der Waals surface area contributed by atoms with E-state index in [0.29, 0.717) is 11.8 Å². The Bertz CT molecular complexity index is 1090. The Morgan fingerprint density at radius 3 is 2.11 bits per heavy atom. The first kappa shape index (κ1) is 18.6. The van der Waals surface area contributed by atoms with E-state index >= 15 is 0 Å². The average molecular weight is 372 g/mol. The summed E-state index contributed by atoms with van der Waals surface area (Å²) in [4.78, 5) is 0. The second-order valence-corrected chi connectivity index (χ2v) is 8.48. The molecule has 0 aliphatic carbocycles. The van der Waals surface area contributed by atoms with Crippen LogP contribution in [-0.2, 0) is 6.54 Å².